The molecule has 21 heavy (non-hydrogen) atoms. The summed E-state index contributed by atoms with van der Waals surface area (Å²) >= 11 is 0. The van der Waals surface area contributed by atoms with E-state index in [9.17, 15) is 13.2 Å². The Bertz CT molecular complexity index is 608. The predicted molar refractivity (Wildman–Crippen MR) is 82.0 cm³/mol. The van der Waals surface area contributed by atoms with Crippen LogP contribution in [0.5, 0.6) is 0 Å². The van der Waals surface area contributed by atoms with Crippen LogP contribution in [0.15, 0.2) is 23.1 Å². The molecule has 1 aromatic carbocycles. The van der Waals surface area contributed by atoms with Crippen molar-refractivity contribution in [2.45, 2.75) is 51.5 Å². The minimum atomic E-state index is -3.72. The second kappa shape index (κ2) is 7.04. The van der Waals surface area contributed by atoms with E-state index in [1.165, 1.54) is 12.1 Å². The van der Waals surface area contributed by atoms with Crippen LogP contribution in [0.3, 0.4) is 0 Å². The number of hydrogen-bond acceptors (Lipinski definition) is 3. The Morgan fingerprint density at radius 1 is 1.29 bits per heavy atom. The number of sulfonamides is 1. The third kappa shape index (κ3) is 4.82. The molecule has 0 fully saturated rings. The van der Waals surface area contributed by atoms with Crippen molar-refractivity contribution in [3.05, 3.63) is 29.3 Å². The van der Waals surface area contributed by atoms with Crippen LogP contribution < -0.4 is 4.72 Å². The van der Waals surface area contributed by atoms with Gasteiger partial charge in [-0.3, -0.25) is 0 Å². The summed E-state index contributed by atoms with van der Waals surface area (Å²) in [5.74, 6) is -0.761. The Morgan fingerprint density at radius 3 is 2.38 bits per heavy atom. The zero-order valence-electron chi connectivity index (χ0n) is 12.9. The van der Waals surface area contributed by atoms with Gasteiger partial charge >= 0.3 is 5.97 Å². The zero-order chi connectivity index (χ0) is 16.2. The van der Waals surface area contributed by atoms with Crippen molar-refractivity contribution in [2.75, 3.05) is 0 Å². The second-order valence-electron chi connectivity index (χ2n) is 5.63. The Hall–Kier alpha value is -1.40. The quantitative estimate of drug-likeness (QED) is 0.810. The van der Waals surface area contributed by atoms with Crippen LogP contribution in [-0.4, -0.2) is 25.5 Å². The third-order valence-corrected chi connectivity index (χ3v) is 4.84. The summed E-state index contributed by atoms with van der Waals surface area (Å²) in [7, 11) is -3.72. The summed E-state index contributed by atoms with van der Waals surface area (Å²) in [6.45, 7) is 7.69. The van der Waals surface area contributed by atoms with Crippen LogP contribution >= 0.6 is 0 Å². The van der Waals surface area contributed by atoms with Gasteiger partial charge in [0.2, 0.25) is 10.0 Å². The van der Waals surface area contributed by atoms with E-state index in [-0.39, 0.29) is 16.5 Å². The molecule has 0 saturated heterocycles. The van der Waals surface area contributed by atoms with Gasteiger partial charge in [-0.05, 0) is 43.4 Å². The van der Waals surface area contributed by atoms with Crippen molar-refractivity contribution >= 4 is 16.0 Å². The van der Waals surface area contributed by atoms with Crippen LogP contribution in [0.4, 0.5) is 0 Å². The number of aryl methyl sites for hydroxylation is 1. The smallest absolute Gasteiger partial charge is 0.335 e. The summed E-state index contributed by atoms with van der Waals surface area (Å²) in [5, 5.41) is 9.02. The first-order valence-corrected chi connectivity index (χ1v) is 8.54. The second-order valence-corrected chi connectivity index (χ2v) is 7.32. The lowest BCUT2D eigenvalue weighted by Crippen LogP contribution is -2.34. The molecular weight excluding hydrogens is 290 g/mol. The van der Waals surface area contributed by atoms with E-state index >= 15 is 0 Å². The lowest BCUT2D eigenvalue weighted by atomic mass is 10.1. The molecule has 0 aliphatic heterocycles. The van der Waals surface area contributed by atoms with Gasteiger partial charge in [0.05, 0.1) is 10.5 Å². The van der Waals surface area contributed by atoms with Crippen LogP contribution in [-0.2, 0) is 16.4 Å². The molecule has 1 unspecified atom stereocenters. The first kappa shape index (κ1) is 17.7. The Morgan fingerprint density at radius 2 is 1.90 bits per heavy atom. The van der Waals surface area contributed by atoms with Crippen LogP contribution in [0, 0.1) is 5.92 Å². The maximum absolute atomic E-state index is 12.5. The number of hydrogen-bond donors (Lipinski definition) is 2. The molecule has 6 heteroatoms. The molecule has 1 rings (SSSR count). The van der Waals surface area contributed by atoms with Gasteiger partial charge in [0.1, 0.15) is 0 Å². The van der Waals surface area contributed by atoms with Crippen molar-refractivity contribution in [1.29, 1.82) is 0 Å². The summed E-state index contributed by atoms with van der Waals surface area (Å²) in [5.41, 5.74) is 0.591. The van der Waals surface area contributed by atoms with E-state index in [4.69, 9.17) is 5.11 Å². The molecule has 0 aromatic heterocycles. The summed E-state index contributed by atoms with van der Waals surface area (Å²) in [4.78, 5) is 11.1. The number of nitrogens with one attached hydrogen (secondary N) is 1. The Balaban J connectivity index is 3.17. The highest BCUT2D eigenvalue weighted by atomic mass is 32.2. The molecule has 118 valence electrons. The van der Waals surface area contributed by atoms with Gasteiger partial charge in [-0.2, -0.15) is 0 Å². The molecule has 0 amide bonds. The van der Waals surface area contributed by atoms with Crippen LogP contribution in [0.2, 0.25) is 0 Å². The highest BCUT2D eigenvalue weighted by Gasteiger charge is 2.22. The SMILES string of the molecule is CCc1ccc(C(=O)O)cc1S(=O)(=O)NC(C)CC(C)C. The number of rotatable bonds is 7. The molecule has 0 aliphatic carbocycles. The van der Waals surface area contributed by atoms with Crippen molar-refractivity contribution in [3.8, 4) is 0 Å². The maximum Gasteiger partial charge on any atom is 0.335 e. The maximum atomic E-state index is 12.5. The first-order chi connectivity index (χ1) is 9.67. The molecule has 0 saturated carbocycles. The van der Waals surface area contributed by atoms with Gasteiger partial charge in [0.15, 0.2) is 0 Å². The van der Waals surface area contributed by atoms with Gasteiger partial charge in [0, 0.05) is 6.04 Å². The lowest BCUT2D eigenvalue weighted by Gasteiger charge is -2.18. The normalized spacial score (nSPS) is 13.4. The fraction of sp³-hybridized carbons (Fsp3) is 0.533. The molecule has 0 spiro atoms. The van der Waals surface area contributed by atoms with Crippen LogP contribution in [0.1, 0.15) is 50.0 Å². The molecule has 0 aliphatic rings. The Labute approximate surface area is 126 Å². The average molecular weight is 313 g/mol. The monoisotopic (exact) mass is 313 g/mol. The number of benzene rings is 1. The van der Waals surface area contributed by atoms with E-state index in [0.29, 0.717) is 17.9 Å². The van der Waals surface area contributed by atoms with Gasteiger partial charge in [-0.15, -0.1) is 0 Å². The summed E-state index contributed by atoms with van der Waals surface area (Å²) < 4.78 is 27.6. The minimum Gasteiger partial charge on any atom is -0.478 e. The summed E-state index contributed by atoms with van der Waals surface area (Å²) in [6, 6.07) is 4.02. The molecule has 2 N–H and O–H groups in total. The number of carboxylic acids is 1. The summed E-state index contributed by atoms with van der Waals surface area (Å²) in [6.07, 6.45) is 1.24. The number of aromatic carboxylic acids is 1. The standard InChI is InChI=1S/C15H23NO4S/c1-5-12-6-7-13(15(17)18)9-14(12)21(19,20)16-11(4)8-10(2)3/h6-7,9-11,16H,5,8H2,1-4H3,(H,17,18). The fourth-order valence-electron chi connectivity index (χ4n) is 2.31. The topological polar surface area (TPSA) is 83.5 Å². The van der Waals surface area contributed by atoms with Crippen LogP contribution in [0.25, 0.3) is 0 Å². The molecule has 0 bridgehead atoms. The molecule has 1 atom stereocenters. The lowest BCUT2D eigenvalue weighted by molar-refractivity contribution is 0.0696. The fourth-order valence-corrected chi connectivity index (χ4v) is 3.91. The van der Waals surface area contributed by atoms with E-state index in [0.717, 1.165) is 6.42 Å². The van der Waals surface area contributed by atoms with Gasteiger partial charge in [-0.25, -0.2) is 17.9 Å². The number of carbonyl (C=O) groups is 1. The highest BCUT2D eigenvalue weighted by Crippen LogP contribution is 2.20. The minimum absolute atomic E-state index is 0.0240. The van der Waals surface area contributed by atoms with Crippen molar-refractivity contribution in [2.24, 2.45) is 5.92 Å². The molecular formula is C15H23NO4S. The highest BCUT2D eigenvalue weighted by molar-refractivity contribution is 7.89. The molecule has 0 heterocycles. The van der Waals surface area contributed by atoms with Crippen molar-refractivity contribution < 1.29 is 18.3 Å². The van der Waals surface area contributed by atoms with Crippen molar-refractivity contribution in [3.63, 3.8) is 0 Å². The zero-order valence-corrected chi connectivity index (χ0v) is 13.7. The Kier molecular flexibility index (Phi) is 5.92. The average Bonchev–Trinajstić information content (AvgIpc) is 2.36. The van der Waals surface area contributed by atoms with Gasteiger partial charge in [0.25, 0.3) is 0 Å². The molecule has 0 radical (unpaired) electrons. The molecule has 1 aromatic rings. The largest absolute Gasteiger partial charge is 0.478 e. The van der Waals surface area contributed by atoms with Gasteiger partial charge < -0.3 is 5.11 Å². The molecule has 5 nitrogen and oxygen atoms in total. The number of carboxylic acid groups (broad SMARTS) is 1. The van der Waals surface area contributed by atoms with Crippen molar-refractivity contribution in [1.82, 2.24) is 4.72 Å². The van der Waals surface area contributed by atoms with E-state index in [1.807, 2.05) is 27.7 Å². The first-order valence-electron chi connectivity index (χ1n) is 7.06. The van der Waals surface area contributed by atoms with E-state index in [2.05, 4.69) is 4.72 Å². The van der Waals surface area contributed by atoms with E-state index in [1.54, 1.807) is 6.07 Å². The van der Waals surface area contributed by atoms with E-state index < -0.39 is 16.0 Å². The predicted octanol–water partition coefficient (Wildman–Crippen LogP) is 2.66. The third-order valence-electron chi connectivity index (χ3n) is 3.17. The van der Waals surface area contributed by atoms with Gasteiger partial charge in [-0.1, -0.05) is 26.8 Å².